The molecule has 0 amide bonds. The molecule has 0 radical (unpaired) electrons. The van der Waals surface area contributed by atoms with Crippen LogP contribution in [0.15, 0.2) is 0 Å². The SMILES string of the molecule is CC1CC(C(C)O[Si](C)(C)C(C)(C)C)C1. The molecule has 0 N–H and O–H groups in total. The van der Waals surface area contributed by atoms with Crippen molar-refractivity contribution in [2.75, 3.05) is 0 Å². The van der Waals surface area contributed by atoms with Gasteiger partial charge in [-0.25, -0.2) is 0 Å². The van der Waals surface area contributed by atoms with Gasteiger partial charge in [-0.3, -0.25) is 0 Å². The second-order valence-electron chi connectivity index (χ2n) is 6.92. The standard InChI is InChI=1S/C13H28OSi/c1-10-8-12(9-10)11(2)14-15(6,7)13(3,4)5/h10-12H,8-9H2,1-7H3. The molecule has 1 fully saturated rings. The molecule has 0 spiro atoms. The van der Waals surface area contributed by atoms with E-state index < -0.39 is 8.32 Å². The molecule has 0 aliphatic heterocycles. The summed E-state index contributed by atoms with van der Waals surface area (Å²) in [4.78, 5) is 0. The van der Waals surface area contributed by atoms with Gasteiger partial charge in [-0.15, -0.1) is 0 Å². The van der Waals surface area contributed by atoms with E-state index >= 15 is 0 Å². The lowest BCUT2D eigenvalue weighted by Crippen LogP contribution is -2.46. The Kier molecular flexibility index (Phi) is 3.72. The van der Waals surface area contributed by atoms with Gasteiger partial charge in [0.1, 0.15) is 0 Å². The van der Waals surface area contributed by atoms with Crippen LogP contribution in [0, 0.1) is 11.8 Å². The normalized spacial score (nSPS) is 29.8. The van der Waals surface area contributed by atoms with Crippen LogP contribution in [0.4, 0.5) is 0 Å². The summed E-state index contributed by atoms with van der Waals surface area (Å²) in [5, 5.41) is 0.344. The fourth-order valence-corrected chi connectivity index (χ4v) is 3.56. The maximum Gasteiger partial charge on any atom is 0.192 e. The number of rotatable bonds is 3. The molecule has 0 bridgehead atoms. The lowest BCUT2D eigenvalue weighted by molar-refractivity contribution is 0.0542. The summed E-state index contributed by atoms with van der Waals surface area (Å²) in [6.07, 6.45) is 3.22. The van der Waals surface area contributed by atoms with Crippen molar-refractivity contribution < 1.29 is 4.43 Å². The van der Waals surface area contributed by atoms with Crippen LogP contribution in [0.3, 0.4) is 0 Å². The van der Waals surface area contributed by atoms with E-state index in [9.17, 15) is 0 Å². The average molecular weight is 228 g/mol. The molecule has 1 unspecified atom stereocenters. The van der Waals surface area contributed by atoms with Gasteiger partial charge < -0.3 is 4.43 Å². The second kappa shape index (κ2) is 4.21. The highest BCUT2D eigenvalue weighted by atomic mass is 28.4. The van der Waals surface area contributed by atoms with Gasteiger partial charge in [0.2, 0.25) is 0 Å². The molecule has 0 heterocycles. The van der Waals surface area contributed by atoms with Gasteiger partial charge >= 0.3 is 0 Å². The van der Waals surface area contributed by atoms with Crippen molar-refractivity contribution in [2.24, 2.45) is 11.8 Å². The molecule has 0 saturated heterocycles. The van der Waals surface area contributed by atoms with Crippen molar-refractivity contribution >= 4 is 8.32 Å². The van der Waals surface area contributed by atoms with E-state index in [1.54, 1.807) is 0 Å². The zero-order valence-corrected chi connectivity index (χ0v) is 12.6. The van der Waals surface area contributed by atoms with Crippen molar-refractivity contribution in [3.05, 3.63) is 0 Å². The summed E-state index contributed by atoms with van der Waals surface area (Å²) in [5.41, 5.74) is 0. The molecule has 15 heavy (non-hydrogen) atoms. The summed E-state index contributed by atoms with van der Waals surface area (Å²) < 4.78 is 6.39. The Morgan fingerprint density at radius 1 is 1.20 bits per heavy atom. The molecule has 2 heteroatoms. The van der Waals surface area contributed by atoms with E-state index in [-0.39, 0.29) is 0 Å². The van der Waals surface area contributed by atoms with E-state index in [1.807, 2.05) is 0 Å². The van der Waals surface area contributed by atoms with Gasteiger partial charge in [0.05, 0.1) is 0 Å². The lowest BCUT2D eigenvalue weighted by atomic mass is 9.73. The summed E-state index contributed by atoms with van der Waals surface area (Å²) >= 11 is 0. The first-order valence-electron chi connectivity index (χ1n) is 6.31. The molecule has 1 nitrogen and oxygen atoms in total. The summed E-state index contributed by atoms with van der Waals surface area (Å²) in [5.74, 6) is 1.76. The molecule has 1 aliphatic carbocycles. The average Bonchev–Trinajstić information content (AvgIpc) is 1.95. The van der Waals surface area contributed by atoms with Gasteiger partial charge in [-0.05, 0) is 49.7 Å². The predicted octanol–water partition coefficient (Wildman–Crippen LogP) is 4.44. The first-order chi connectivity index (χ1) is 6.63. The number of hydrogen-bond acceptors (Lipinski definition) is 1. The maximum atomic E-state index is 6.39. The van der Waals surface area contributed by atoms with Crippen LogP contribution in [-0.2, 0) is 4.43 Å². The Morgan fingerprint density at radius 2 is 1.67 bits per heavy atom. The first kappa shape index (κ1) is 13.2. The Balaban J connectivity index is 2.47. The van der Waals surface area contributed by atoms with E-state index in [0.29, 0.717) is 11.1 Å². The largest absolute Gasteiger partial charge is 0.414 e. The van der Waals surface area contributed by atoms with Crippen LogP contribution in [0.2, 0.25) is 18.1 Å². The third-order valence-electron chi connectivity index (χ3n) is 4.36. The summed E-state index contributed by atoms with van der Waals surface area (Å²) in [7, 11) is -1.54. The molecule has 0 aromatic carbocycles. The smallest absolute Gasteiger partial charge is 0.192 e. The van der Waals surface area contributed by atoms with Crippen LogP contribution in [0.25, 0.3) is 0 Å². The quantitative estimate of drug-likeness (QED) is 0.649. The van der Waals surface area contributed by atoms with Gasteiger partial charge in [0, 0.05) is 6.10 Å². The molecular weight excluding hydrogens is 200 g/mol. The fourth-order valence-electron chi connectivity index (χ4n) is 2.09. The molecule has 1 aliphatic rings. The number of hydrogen-bond donors (Lipinski definition) is 0. The van der Waals surface area contributed by atoms with Crippen LogP contribution in [0.5, 0.6) is 0 Å². The minimum atomic E-state index is -1.54. The van der Waals surface area contributed by atoms with Crippen molar-refractivity contribution in [3.8, 4) is 0 Å². The second-order valence-corrected chi connectivity index (χ2v) is 11.7. The van der Waals surface area contributed by atoms with Crippen molar-refractivity contribution in [1.29, 1.82) is 0 Å². The Labute approximate surface area is 96.7 Å². The molecule has 1 saturated carbocycles. The van der Waals surface area contributed by atoms with E-state index in [0.717, 1.165) is 11.8 Å². The zero-order chi connectivity index (χ0) is 11.9. The van der Waals surface area contributed by atoms with E-state index in [1.165, 1.54) is 12.8 Å². The maximum absolute atomic E-state index is 6.39. The van der Waals surface area contributed by atoms with E-state index in [4.69, 9.17) is 4.43 Å². The van der Waals surface area contributed by atoms with Crippen molar-refractivity contribution in [1.82, 2.24) is 0 Å². The first-order valence-corrected chi connectivity index (χ1v) is 9.22. The van der Waals surface area contributed by atoms with Crippen LogP contribution in [0.1, 0.15) is 47.5 Å². The van der Waals surface area contributed by atoms with E-state index in [2.05, 4.69) is 47.7 Å². The van der Waals surface area contributed by atoms with Crippen LogP contribution < -0.4 is 0 Å². The highest BCUT2D eigenvalue weighted by molar-refractivity contribution is 6.74. The van der Waals surface area contributed by atoms with Gasteiger partial charge in [-0.2, -0.15) is 0 Å². The minimum Gasteiger partial charge on any atom is -0.414 e. The monoisotopic (exact) mass is 228 g/mol. The third-order valence-corrected chi connectivity index (χ3v) is 8.93. The third kappa shape index (κ3) is 3.07. The van der Waals surface area contributed by atoms with Gasteiger partial charge in [0.25, 0.3) is 0 Å². The van der Waals surface area contributed by atoms with Crippen LogP contribution in [-0.4, -0.2) is 14.4 Å². The zero-order valence-electron chi connectivity index (χ0n) is 11.6. The Hall–Kier alpha value is 0.177. The molecular formula is C13H28OSi. The van der Waals surface area contributed by atoms with Crippen molar-refractivity contribution in [2.45, 2.75) is 71.7 Å². The highest BCUT2D eigenvalue weighted by Gasteiger charge is 2.41. The summed E-state index contributed by atoms with van der Waals surface area (Å²) in [6, 6.07) is 0. The molecule has 0 aromatic heterocycles. The molecule has 90 valence electrons. The Bertz CT molecular complexity index is 211. The molecule has 0 aromatic rings. The Morgan fingerprint density at radius 3 is 2.00 bits per heavy atom. The fraction of sp³-hybridized carbons (Fsp3) is 1.00. The van der Waals surface area contributed by atoms with Gasteiger partial charge in [0.15, 0.2) is 8.32 Å². The lowest BCUT2D eigenvalue weighted by Gasteiger charge is -2.44. The molecule has 1 atom stereocenters. The highest BCUT2D eigenvalue weighted by Crippen LogP contribution is 2.42. The minimum absolute atomic E-state index is 0.344. The van der Waals surface area contributed by atoms with Gasteiger partial charge in [-0.1, -0.05) is 27.7 Å². The summed E-state index contributed by atoms with van der Waals surface area (Å²) in [6.45, 7) is 16.3. The predicted molar refractivity (Wildman–Crippen MR) is 69.6 cm³/mol. The van der Waals surface area contributed by atoms with Crippen LogP contribution >= 0.6 is 0 Å². The topological polar surface area (TPSA) is 9.23 Å². The molecule has 1 rings (SSSR count). The van der Waals surface area contributed by atoms with Crippen molar-refractivity contribution in [3.63, 3.8) is 0 Å².